The van der Waals surface area contributed by atoms with Crippen LogP contribution in [0.1, 0.15) is 44.9 Å². The molecule has 0 saturated heterocycles. The van der Waals surface area contributed by atoms with Gasteiger partial charge in [-0.2, -0.15) is 0 Å². The van der Waals surface area contributed by atoms with Crippen LogP contribution in [-0.2, 0) is 20.1 Å². The number of halogens is 2. The van der Waals surface area contributed by atoms with Crippen molar-refractivity contribution >= 4 is 11.2 Å². The van der Waals surface area contributed by atoms with Gasteiger partial charge in [-0.1, -0.05) is 6.42 Å². The Balaban J connectivity index is 1.69. The van der Waals surface area contributed by atoms with Crippen LogP contribution in [0.25, 0.3) is 11.2 Å². The Morgan fingerprint density at radius 2 is 1.77 bits per heavy atom. The van der Waals surface area contributed by atoms with Gasteiger partial charge in [-0.05, 0) is 37.5 Å². The number of nitrogens with zero attached hydrogens (tertiary/aromatic N) is 4. The fraction of sp³-hybridized carbons (Fsp3) is 0.722. The summed E-state index contributed by atoms with van der Waals surface area (Å²) in [7, 11) is 1.61. The van der Waals surface area contributed by atoms with E-state index in [0.717, 1.165) is 19.4 Å². The minimum absolute atomic E-state index is 0.0690. The van der Waals surface area contributed by atoms with Crippen molar-refractivity contribution < 1.29 is 8.78 Å². The van der Waals surface area contributed by atoms with Crippen LogP contribution in [0.2, 0.25) is 0 Å². The summed E-state index contributed by atoms with van der Waals surface area (Å²) in [5.74, 6) is -2.13. The van der Waals surface area contributed by atoms with E-state index < -0.39 is 11.6 Å². The molecule has 2 aliphatic rings. The largest absolute Gasteiger partial charge is 0.332 e. The first-order valence-corrected chi connectivity index (χ1v) is 9.38. The lowest BCUT2D eigenvalue weighted by Gasteiger charge is -2.28. The molecular formula is C18H24F2N4O2. The summed E-state index contributed by atoms with van der Waals surface area (Å²) in [6.45, 7) is 0.936. The van der Waals surface area contributed by atoms with E-state index in [4.69, 9.17) is 0 Å². The maximum Gasteiger partial charge on any atom is 0.332 e. The number of alkyl halides is 2. The van der Waals surface area contributed by atoms with Crippen LogP contribution in [0.4, 0.5) is 8.78 Å². The molecular weight excluding hydrogens is 342 g/mol. The van der Waals surface area contributed by atoms with Gasteiger partial charge in [0.25, 0.3) is 5.56 Å². The molecule has 142 valence electrons. The normalized spacial score (nSPS) is 21.2. The Hall–Kier alpha value is -1.99. The molecule has 0 aliphatic heterocycles. The van der Waals surface area contributed by atoms with Gasteiger partial charge in [-0.15, -0.1) is 0 Å². The van der Waals surface area contributed by atoms with Gasteiger partial charge in [-0.3, -0.25) is 13.9 Å². The second-order valence-corrected chi connectivity index (χ2v) is 7.92. The van der Waals surface area contributed by atoms with Crippen molar-refractivity contribution in [2.45, 2.75) is 64.0 Å². The Morgan fingerprint density at radius 1 is 1.12 bits per heavy atom. The second kappa shape index (κ2) is 6.32. The van der Waals surface area contributed by atoms with E-state index >= 15 is 0 Å². The number of fused-ring (bicyclic) bond motifs is 1. The van der Waals surface area contributed by atoms with Crippen LogP contribution < -0.4 is 11.2 Å². The molecule has 0 atom stereocenters. The Bertz CT molecular complexity index is 929. The summed E-state index contributed by atoms with van der Waals surface area (Å²) in [4.78, 5) is 29.9. The average molecular weight is 366 g/mol. The van der Waals surface area contributed by atoms with Crippen LogP contribution in [0, 0.1) is 11.8 Å². The lowest BCUT2D eigenvalue weighted by molar-refractivity contribution is -0.0475. The van der Waals surface area contributed by atoms with E-state index in [1.165, 1.54) is 15.6 Å². The van der Waals surface area contributed by atoms with Crippen molar-refractivity contribution in [1.82, 2.24) is 18.7 Å². The van der Waals surface area contributed by atoms with Crippen LogP contribution in [0.15, 0.2) is 15.9 Å². The maximum atomic E-state index is 13.4. The third-order valence-corrected chi connectivity index (χ3v) is 6.06. The minimum atomic E-state index is -2.61. The summed E-state index contributed by atoms with van der Waals surface area (Å²) >= 11 is 0. The summed E-state index contributed by atoms with van der Waals surface area (Å²) in [5.41, 5.74) is 0.0666. The van der Waals surface area contributed by atoms with Crippen LogP contribution >= 0.6 is 0 Å². The van der Waals surface area contributed by atoms with E-state index in [0.29, 0.717) is 29.9 Å². The third kappa shape index (κ3) is 2.99. The topological polar surface area (TPSA) is 61.8 Å². The van der Waals surface area contributed by atoms with Gasteiger partial charge in [0.1, 0.15) is 0 Å². The number of rotatable bonds is 4. The van der Waals surface area contributed by atoms with E-state index in [9.17, 15) is 18.4 Å². The highest BCUT2D eigenvalue weighted by Gasteiger charge is 2.35. The smallest absolute Gasteiger partial charge is 0.324 e. The fourth-order valence-corrected chi connectivity index (χ4v) is 4.12. The highest BCUT2D eigenvalue weighted by Crippen LogP contribution is 2.36. The average Bonchev–Trinajstić information content (AvgIpc) is 2.98. The summed E-state index contributed by atoms with van der Waals surface area (Å²) < 4.78 is 31.2. The van der Waals surface area contributed by atoms with Gasteiger partial charge < -0.3 is 4.57 Å². The van der Waals surface area contributed by atoms with Gasteiger partial charge in [0.2, 0.25) is 5.92 Å². The minimum Gasteiger partial charge on any atom is -0.324 e. The van der Waals surface area contributed by atoms with Crippen molar-refractivity contribution in [3.8, 4) is 0 Å². The van der Waals surface area contributed by atoms with Crippen molar-refractivity contribution in [3.63, 3.8) is 0 Å². The van der Waals surface area contributed by atoms with E-state index in [1.807, 2.05) is 4.57 Å². The van der Waals surface area contributed by atoms with E-state index in [1.54, 1.807) is 13.4 Å². The third-order valence-electron chi connectivity index (χ3n) is 6.06. The zero-order valence-corrected chi connectivity index (χ0v) is 15.0. The van der Waals surface area contributed by atoms with Gasteiger partial charge in [-0.25, -0.2) is 18.6 Å². The molecule has 2 aliphatic carbocycles. The standard InChI is InChI=1S/C18H24F2N4O2/c1-22-15-14(23(11-21-15)9-12-3-2-4-12)16(25)24(17(22)26)10-13-5-7-18(19,20)8-6-13/h11-13H,2-10H2,1H3. The van der Waals surface area contributed by atoms with Crippen molar-refractivity contribution in [2.24, 2.45) is 18.9 Å². The molecule has 2 saturated carbocycles. The quantitative estimate of drug-likeness (QED) is 0.835. The maximum absolute atomic E-state index is 13.4. The molecule has 0 unspecified atom stereocenters. The predicted molar refractivity (Wildman–Crippen MR) is 93.5 cm³/mol. The molecule has 0 spiro atoms. The molecule has 0 aromatic carbocycles. The molecule has 2 heterocycles. The Morgan fingerprint density at radius 3 is 2.38 bits per heavy atom. The van der Waals surface area contributed by atoms with Gasteiger partial charge in [0, 0.05) is 33.0 Å². The van der Waals surface area contributed by atoms with Gasteiger partial charge in [0.05, 0.1) is 6.33 Å². The molecule has 2 fully saturated rings. The highest BCUT2D eigenvalue weighted by atomic mass is 19.3. The van der Waals surface area contributed by atoms with Gasteiger partial charge >= 0.3 is 5.69 Å². The number of aromatic nitrogens is 4. The molecule has 4 rings (SSSR count). The molecule has 0 bridgehead atoms. The van der Waals surface area contributed by atoms with Crippen molar-refractivity contribution in [1.29, 1.82) is 0 Å². The van der Waals surface area contributed by atoms with Crippen LogP contribution in [-0.4, -0.2) is 24.6 Å². The second-order valence-electron chi connectivity index (χ2n) is 7.92. The number of hydrogen-bond acceptors (Lipinski definition) is 3. The first-order chi connectivity index (χ1) is 12.4. The Labute approximate surface area is 149 Å². The first-order valence-electron chi connectivity index (χ1n) is 9.38. The fourth-order valence-electron chi connectivity index (χ4n) is 4.12. The van der Waals surface area contributed by atoms with E-state index in [2.05, 4.69) is 4.98 Å². The number of hydrogen-bond donors (Lipinski definition) is 0. The number of aryl methyl sites for hydroxylation is 1. The first kappa shape index (κ1) is 17.4. The Kier molecular flexibility index (Phi) is 4.23. The zero-order valence-electron chi connectivity index (χ0n) is 15.0. The lowest BCUT2D eigenvalue weighted by atomic mass is 9.85. The molecule has 0 N–H and O–H groups in total. The molecule has 8 heteroatoms. The van der Waals surface area contributed by atoms with Crippen LogP contribution in [0.3, 0.4) is 0 Å². The van der Waals surface area contributed by atoms with Crippen molar-refractivity contribution in [2.75, 3.05) is 0 Å². The molecule has 0 radical (unpaired) electrons. The van der Waals surface area contributed by atoms with Crippen molar-refractivity contribution in [3.05, 3.63) is 27.2 Å². The lowest BCUT2D eigenvalue weighted by Crippen LogP contribution is -2.42. The molecule has 2 aromatic heterocycles. The zero-order chi connectivity index (χ0) is 18.5. The summed E-state index contributed by atoms with van der Waals surface area (Å²) in [5, 5.41) is 0. The summed E-state index contributed by atoms with van der Waals surface area (Å²) in [6, 6.07) is 0. The van der Waals surface area contributed by atoms with E-state index in [-0.39, 0.29) is 30.9 Å². The summed E-state index contributed by atoms with van der Waals surface area (Å²) in [6.07, 6.45) is 5.47. The molecule has 26 heavy (non-hydrogen) atoms. The van der Waals surface area contributed by atoms with Crippen LogP contribution in [0.5, 0.6) is 0 Å². The van der Waals surface area contributed by atoms with Gasteiger partial charge in [0.15, 0.2) is 11.2 Å². The molecule has 0 amide bonds. The SMILES string of the molecule is Cn1c(=O)n(CC2CCC(F)(F)CC2)c(=O)c2c1ncn2CC1CCC1. The highest BCUT2D eigenvalue weighted by molar-refractivity contribution is 5.69. The molecule has 6 nitrogen and oxygen atoms in total. The monoisotopic (exact) mass is 366 g/mol. The predicted octanol–water partition coefficient (Wildman–Crippen LogP) is 2.52. The molecule has 2 aromatic rings. The number of imidazole rings is 1.